The van der Waals surface area contributed by atoms with Gasteiger partial charge in [-0.25, -0.2) is 9.59 Å². The van der Waals surface area contributed by atoms with Gasteiger partial charge in [0.2, 0.25) is 0 Å². The third-order valence-electron chi connectivity index (χ3n) is 4.01. The monoisotopic (exact) mass is 352 g/mol. The fourth-order valence-corrected chi connectivity index (χ4v) is 2.65. The second-order valence-electron chi connectivity index (χ2n) is 5.67. The van der Waals surface area contributed by atoms with Crippen molar-refractivity contribution in [3.8, 4) is 6.07 Å². The van der Waals surface area contributed by atoms with Gasteiger partial charge in [-0.05, 0) is 30.4 Å². The van der Waals surface area contributed by atoms with Crippen LogP contribution in [0.25, 0.3) is 17.0 Å². The largest absolute Gasteiger partial charge is 0.477 e. The van der Waals surface area contributed by atoms with E-state index in [0.717, 1.165) is 30.2 Å². The Balaban J connectivity index is 1.90. The average molecular weight is 352 g/mol. The fraction of sp³-hybridized carbons (Fsp3) is 0.211. The van der Waals surface area contributed by atoms with E-state index >= 15 is 0 Å². The maximum Gasteiger partial charge on any atom is 0.346 e. The molecule has 1 aliphatic rings. The van der Waals surface area contributed by atoms with Crippen LogP contribution < -0.4 is 10.5 Å². The zero-order chi connectivity index (χ0) is 18.5. The first-order chi connectivity index (χ1) is 12.6. The van der Waals surface area contributed by atoms with Crippen LogP contribution in [-0.2, 0) is 9.53 Å². The van der Waals surface area contributed by atoms with E-state index in [-0.39, 0.29) is 5.56 Å². The lowest BCUT2D eigenvalue weighted by molar-refractivity contribution is -0.132. The number of hydrogen-bond donors (Lipinski definition) is 1. The zero-order valence-corrected chi connectivity index (χ0v) is 13.8. The molecule has 0 saturated carbocycles. The van der Waals surface area contributed by atoms with E-state index in [0.29, 0.717) is 18.8 Å². The highest BCUT2D eigenvalue weighted by Gasteiger charge is 2.12. The van der Waals surface area contributed by atoms with Gasteiger partial charge in [0.1, 0.15) is 17.2 Å². The summed E-state index contributed by atoms with van der Waals surface area (Å²) in [6.07, 6.45) is 3.89. The summed E-state index contributed by atoms with van der Waals surface area (Å²) in [6.45, 7) is 2.90. The first kappa shape index (κ1) is 17.5. The van der Waals surface area contributed by atoms with Gasteiger partial charge in [-0.3, -0.25) is 0 Å². The number of hydrogen-bond acceptors (Lipinski definition) is 6. The summed E-state index contributed by atoms with van der Waals surface area (Å²) in [4.78, 5) is 25.1. The molecule has 7 nitrogen and oxygen atoms in total. The van der Waals surface area contributed by atoms with Crippen LogP contribution >= 0.6 is 0 Å². The molecule has 1 aromatic carbocycles. The van der Waals surface area contributed by atoms with Crippen LogP contribution in [-0.4, -0.2) is 37.4 Å². The zero-order valence-electron chi connectivity index (χ0n) is 13.8. The molecule has 1 aliphatic heterocycles. The van der Waals surface area contributed by atoms with Gasteiger partial charge >= 0.3 is 11.6 Å². The number of benzene rings is 1. The van der Waals surface area contributed by atoms with Crippen LogP contribution in [0.2, 0.25) is 0 Å². The lowest BCUT2D eigenvalue weighted by atomic mass is 10.1. The van der Waals surface area contributed by atoms with Gasteiger partial charge in [-0.2, -0.15) is 5.26 Å². The topological polar surface area (TPSA) is 104 Å². The summed E-state index contributed by atoms with van der Waals surface area (Å²) in [5.41, 5.74) is 0.775. The molecule has 132 valence electrons. The number of allylic oxidation sites excluding steroid dienone is 2. The van der Waals surface area contributed by atoms with Crippen molar-refractivity contribution in [2.45, 2.75) is 0 Å². The van der Waals surface area contributed by atoms with Crippen molar-refractivity contribution < 1.29 is 19.1 Å². The highest BCUT2D eigenvalue weighted by Crippen LogP contribution is 2.23. The molecule has 2 aromatic rings. The first-order valence-corrected chi connectivity index (χ1v) is 8.01. The molecule has 1 fully saturated rings. The minimum absolute atomic E-state index is 0.274. The summed E-state index contributed by atoms with van der Waals surface area (Å²) >= 11 is 0. The number of rotatable bonds is 4. The van der Waals surface area contributed by atoms with Crippen LogP contribution in [0, 0.1) is 11.3 Å². The normalized spacial score (nSPS) is 15.3. The number of anilines is 1. The van der Waals surface area contributed by atoms with E-state index in [9.17, 15) is 9.59 Å². The highest BCUT2D eigenvalue weighted by molar-refractivity contribution is 5.91. The summed E-state index contributed by atoms with van der Waals surface area (Å²) in [6, 6.07) is 8.89. The lowest BCUT2D eigenvalue weighted by Crippen LogP contribution is -2.36. The van der Waals surface area contributed by atoms with Gasteiger partial charge in [-0.1, -0.05) is 6.08 Å². The molecule has 3 rings (SSSR count). The second-order valence-corrected chi connectivity index (χ2v) is 5.67. The van der Waals surface area contributed by atoms with E-state index in [4.69, 9.17) is 19.5 Å². The van der Waals surface area contributed by atoms with Gasteiger partial charge < -0.3 is 19.2 Å². The third-order valence-corrected chi connectivity index (χ3v) is 4.01. The maximum absolute atomic E-state index is 12.1. The number of morpholine rings is 1. The number of nitrogens with zero attached hydrogens (tertiary/aromatic N) is 2. The molecule has 1 saturated heterocycles. The minimum atomic E-state index is -1.32. The Kier molecular flexibility index (Phi) is 5.15. The smallest absolute Gasteiger partial charge is 0.346 e. The van der Waals surface area contributed by atoms with Gasteiger partial charge in [0.25, 0.3) is 0 Å². The van der Waals surface area contributed by atoms with Crippen molar-refractivity contribution >= 4 is 28.7 Å². The minimum Gasteiger partial charge on any atom is -0.477 e. The molecule has 26 heavy (non-hydrogen) atoms. The van der Waals surface area contributed by atoms with Crippen molar-refractivity contribution in [1.29, 1.82) is 5.26 Å². The quantitative estimate of drug-likeness (QED) is 0.389. The molecule has 0 radical (unpaired) electrons. The number of carbonyl (C=O) groups is 1. The van der Waals surface area contributed by atoms with Gasteiger partial charge in [0.05, 0.1) is 18.8 Å². The summed E-state index contributed by atoms with van der Waals surface area (Å²) < 4.78 is 10.7. The molecular formula is C19H16N2O5. The lowest BCUT2D eigenvalue weighted by Gasteiger charge is -2.28. The molecule has 1 aromatic heterocycles. The molecular weight excluding hydrogens is 336 g/mol. The van der Waals surface area contributed by atoms with Crippen LogP contribution in [0.1, 0.15) is 5.56 Å². The molecule has 0 atom stereocenters. The Morgan fingerprint density at radius 1 is 1.27 bits per heavy atom. The molecule has 7 heteroatoms. The number of nitriles is 1. The Labute approximate surface area is 149 Å². The van der Waals surface area contributed by atoms with Crippen molar-refractivity contribution in [1.82, 2.24) is 0 Å². The maximum atomic E-state index is 12.1. The number of fused-ring (bicyclic) bond motifs is 1. The Morgan fingerprint density at radius 3 is 2.73 bits per heavy atom. The second kappa shape index (κ2) is 7.68. The van der Waals surface area contributed by atoms with Crippen LogP contribution in [0.5, 0.6) is 0 Å². The van der Waals surface area contributed by atoms with E-state index in [1.54, 1.807) is 12.1 Å². The Bertz CT molecular complexity index is 991. The number of ether oxygens (including phenoxy) is 1. The number of aliphatic carboxylic acids is 1. The third kappa shape index (κ3) is 3.82. The predicted molar refractivity (Wildman–Crippen MR) is 95.9 cm³/mol. The molecule has 0 aliphatic carbocycles. The molecule has 0 spiro atoms. The summed E-state index contributed by atoms with van der Waals surface area (Å²) in [5, 5.41) is 18.2. The fourth-order valence-electron chi connectivity index (χ4n) is 2.65. The van der Waals surface area contributed by atoms with Crippen molar-refractivity contribution in [3.05, 3.63) is 58.0 Å². The first-order valence-electron chi connectivity index (χ1n) is 8.01. The molecule has 0 unspecified atom stereocenters. The van der Waals surface area contributed by atoms with Crippen LogP contribution in [0.3, 0.4) is 0 Å². The highest BCUT2D eigenvalue weighted by atomic mass is 16.5. The van der Waals surface area contributed by atoms with Crippen molar-refractivity contribution in [2.75, 3.05) is 31.2 Å². The van der Waals surface area contributed by atoms with E-state index in [1.807, 2.05) is 18.2 Å². The van der Waals surface area contributed by atoms with E-state index in [1.165, 1.54) is 12.2 Å². The van der Waals surface area contributed by atoms with E-state index in [2.05, 4.69) is 4.90 Å². The standard InChI is InChI=1S/C19H16N2O5/c20-12-15(18(22)23)3-1-2-14-10-13-4-5-16(11-17(13)26-19(14)24)21-6-8-25-9-7-21/h1-5,10-11H,6-9H2,(H,22,23)/b2-1+,15-3+. The molecule has 0 amide bonds. The Hall–Kier alpha value is -3.37. The van der Waals surface area contributed by atoms with Gasteiger partial charge in [0, 0.05) is 30.2 Å². The van der Waals surface area contributed by atoms with Gasteiger partial charge in [-0.15, -0.1) is 0 Å². The summed E-state index contributed by atoms with van der Waals surface area (Å²) in [7, 11) is 0. The number of carboxylic acids is 1. The molecule has 0 bridgehead atoms. The van der Waals surface area contributed by atoms with Crippen molar-refractivity contribution in [3.63, 3.8) is 0 Å². The van der Waals surface area contributed by atoms with Crippen LogP contribution in [0.4, 0.5) is 5.69 Å². The Morgan fingerprint density at radius 2 is 2.04 bits per heavy atom. The SMILES string of the molecule is N#C/C(=C\C=C\c1cc2ccc(N3CCOCC3)cc2oc1=O)C(=O)O. The van der Waals surface area contributed by atoms with Crippen molar-refractivity contribution in [2.24, 2.45) is 0 Å². The van der Waals surface area contributed by atoms with E-state index < -0.39 is 17.2 Å². The summed E-state index contributed by atoms with van der Waals surface area (Å²) in [5.74, 6) is -1.32. The molecule has 1 N–H and O–H groups in total. The average Bonchev–Trinajstić information content (AvgIpc) is 2.65. The molecule has 2 heterocycles. The van der Waals surface area contributed by atoms with Gasteiger partial charge in [0.15, 0.2) is 0 Å². The number of carboxylic acid groups (broad SMARTS) is 1. The van der Waals surface area contributed by atoms with Crippen LogP contribution in [0.15, 0.2) is 51.2 Å². The predicted octanol–water partition coefficient (Wildman–Crippen LogP) is 2.18.